The molecule has 0 aliphatic carbocycles. The van der Waals surface area contributed by atoms with Crippen molar-refractivity contribution in [2.45, 2.75) is 39.3 Å². The largest absolute Gasteiger partial charge is 0.342 e. The average Bonchev–Trinajstić information content (AvgIpc) is 3.04. The summed E-state index contributed by atoms with van der Waals surface area (Å²) in [5.74, 6) is 0.490. The van der Waals surface area contributed by atoms with E-state index in [1.807, 2.05) is 36.7 Å². The molecule has 7 heteroatoms. The summed E-state index contributed by atoms with van der Waals surface area (Å²) in [4.78, 5) is 0. The van der Waals surface area contributed by atoms with Crippen LogP contribution in [0.2, 0.25) is 5.02 Å². The number of quaternary nitrogens is 1. The smallest absolute Gasteiger partial charge is 0.152 e. The van der Waals surface area contributed by atoms with Crippen LogP contribution in [0.3, 0.4) is 0 Å². The van der Waals surface area contributed by atoms with Crippen LogP contribution in [0, 0.1) is 13.8 Å². The Labute approximate surface area is 154 Å². The van der Waals surface area contributed by atoms with E-state index in [0.29, 0.717) is 6.42 Å². The molecule has 0 spiro atoms. The van der Waals surface area contributed by atoms with Crippen molar-refractivity contribution in [1.82, 2.24) is 9.78 Å². The first-order chi connectivity index (χ1) is 11.9. The van der Waals surface area contributed by atoms with Crippen molar-refractivity contribution in [2.24, 2.45) is 0 Å². The predicted octanol–water partition coefficient (Wildman–Crippen LogP) is 1.82. The molecule has 2 aromatic rings. The van der Waals surface area contributed by atoms with Gasteiger partial charge in [0, 0.05) is 22.7 Å². The third-order valence-corrected chi connectivity index (χ3v) is 6.89. The zero-order chi connectivity index (χ0) is 18.0. The fraction of sp³-hybridized carbons (Fsp3) is 0.500. The molecule has 0 unspecified atom stereocenters. The van der Waals surface area contributed by atoms with Gasteiger partial charge in [-0.05, 0) is 38.0 Å². The molecular formula is C18H25ClN3O2S+. The van der Waals surface area contributed by atoms with Gasteiger partial charge >= 0.3 is 0 Å². The van der Waals surface area contributed by atoms with Gasteiger partial charge in [0.2, 0.25) is 0 Å². The van der Waals surface area contributed by atoms with Crippen LogP contribution in [0.1, 0.15) is 35.0 Å². The predicted molar refractivity (Wildman–Crippen MR) is 99.7 cm³/mol. The zero-order valence-electron chi connectivity index (χ0n) is 14.7. The molecule has 0 amide bonds. The fourth-order valence-corrected chi connectivity index (χ4v) is 5.43. The third-order valence-electron chi connectivity index (χ3n) is 4.90. The minimum Gasteiger partial charge on any atom is -0.342 e. The number of nitrogens with two attached hydrogens (primary N) is 1. The molecule has 2 heterocycles. The lowest BCUT2D eigenvalue weighted by Crippen LogP contribution is -2.83. The number of halogens is 1. The van der Waals surface area contributed by atoms with Crippen molar-refractivity contribution < 1.29 is 13.7 Å². The van der Waals surface area contributed by atoms with Gasteiger partial charge in [0.1, 0.15) is 6.54 Å². The van der Waals surface area contributed by atoms with Gasteiger partial charge in [0.25, 0.3) is 0 Å². The molecule has 5 nitrogen and oxygen atoms in total. The molecule has 0 radical (unpaired) electrons. The minimum absolute atomic E-state index is 0.0103. The molecule has 3 rings (SSSR count). The van der Waals surface area contributed by atoms with Crippen molar-refractivity contribution in [3.05, 3.63) is 51.8 Å². The van der Waals surface area contributed by atoms with Gasteiger partial charge in [0.15, 0.2) is 9.84 Å². The maximum absolute atomic E-state index is 11.7. The number of sulfone groups is 1. The lowest BCUT2D eigenvalue weighted by Gasteiger charge is -2.11. The quantitative estimate of drug-likeness (QED) is 0.775. The Bertz CT molecular complexity index is 861. The molecule has 1 aromatic heterocycles. The van der Waals surface area contributed by atoms with E-state index in [1.165, 1.54) is 11.1 Å². The summed E-state index contributed by atoms with van der Waals surface area (Å²) in [6, 6.07) is 7.95. The standard InChI is InChI=1S/C18H24ClN3O2S/c1-13-18(11-20-8-6-15-4-3-5-16(19)10-15)14(2)22(21-13)17-7-9-25(23,24)12-17/h3-5,10,17,20H,6-9,11-12H2,1-2H3/p+1/t17-/m1/s1. The molecule has 1 aliphatic heterocycles. The van der Waals surface area contributed by atoms with Crippen LogP contribution in [0.5, 0.6) is 0 Å². The van der Waals surface area contributed by atoms with Crippen LogP contribution in [0.15, 0.2) is 24.3 Å². The second kappa shape index (κ2) is 7.48. The summed E-state index contributed by atoms with van der Waals surface area (Å²) in [6.45, 7) is 5.89. The molecule has 1 aromatic carbocycles. The molecule has 1 aliphatic rings. The Hall–Kier alpha value is -1.37. The first-order valence-corrected chi connectivity index (χ1v) is 10.9. The molecule has 1 atom stereocenters. The molecule has 2 N–H and O–H groups in total. The molecule has 0 saturated carbocycles. The van der Waals surface area contributed by atoms with E-state index in [-0.39, 0.29) is 17.5 Å². The van der Waals surface area contributed by atoms with Crippen molar-refractivity contribution in [1.29, 1.82) is 0 Å². The summed E-state index contributed by atoms with van der Waals surface area (Å²) in [5.41, 5.74) is 4.55. The Balaban J connectivity index is 1.60. The van der Waals surface area contributed by atoms with Crippen molar-refractivity contribution >= 4 is 21.4 Å². The number of hydrogen-bond acceptors (Lipinski definition) is 3. The van der Waals surface area contributed by atoms with E-state index in [2.05, 4.69) is 16.5 Å². The normalized spacial score (nSPS) is 19.4. The summed E-state index contributed by atoms with van der Waals surface area (Å²) in [5, 5.41) is 7.67. The number of hydrogen-bond donors (Lipinski definition) is 1. The SMILES string of the molecule is Cc1nn([C@@H]2CCS(=O)(=O)C2)c(C)c1C[NH2+]CCc1cccc(Cl)c1. The summed E-state index contributed by atoms with van der Waals surface area (Å²) >= 11 is 6.02. The second-order valence-corrected chi connectivity index (χ2v) is 9.48. The molecule has 25 heavy (non-hydrogen) atoms. The van der Waals surface area contributed by atoms with Crippen LogP contribution in [0.25, 0.3) is 0 Å². The highest BCUT2D eigenvalue weighted by atomic mass is 35.5. The highest BCUT2D eigenvalue weighted by Gasteiger charge is 2.31. The highest BCUT2D eigenvalue weighted by molar-refractivity contribution is 7.91. The monoisotopic (exact) mass is 382 g/mol. The maximum atomic E-state index is 11.7. The fourth-order valence-electron chi connectivity index (χ4n) is 3.52. The van der Waals surface area contributed by atoms with E-state index in [9.17, 15) is 8.42 Å². The number of aromatic nitrogens is 2. The van der Waals surface area contributed by atoms with Gasteiger partial charge in [0.05, 0.1) is 29.8 Å². The lowest BCUT2D eigenvalue weighted by atomic mass is 10.1. The second-order valence-electron chi connectivity index (χ2n) is 6.81. The first-order valence-electron chi connectivity index (χ1n) is 8.67. The van der Waals surface area contributed by atoms with Gasteiger partial charge in [-0.15, -0.1) is 0 Å². The molecular weight excluding hydrogens is 358 g/mol. The van der Waals surface area contributed by atoms with Crippen LogP contribution in [-0.4, -0.2) is 36.2 Å². The van der Waals surface area contributed by atoms with Crippen LogP contribution < -0.4 is 5.32 Å². The number of rotatable bonds is 6. The zero-order valence-corrected chi connectivity index (χ0v) is 16.3. The van der Waals surface area contributed by atoms with Crippen molar-refractivity contribution in [2.75, 3.05) is 18.1 Å². The van der Waals surface area contributed by atoms with Gasteiger partial charge in [-0.1, -0.05) is 23.7 Å². The summed E-state index contributed by atoms with van der Waals surface area (Å²) in [7, 11) is -2.90. The van der Waals surface area contributed by atoms with E-state index in [1.54, 1.807) is 0 Å². The lowest BCUT2D eigenvalue weighted by molar-refractivity contribution is -0.670. The van der Waals surface area contributed by atoms with Crippen molar-refractivity contribution in [3.8, 4) is 0 Å². The van der Waals surface area contributed by atoms with Crippen LogP contribution in [0.4, 0.5) is 0 Å². The van der Waals surface area contributed by atoms with Gasteiger partial charge < -0.3 is 5.32 Å². The van der Waals surface area contributed by atoms with Crippen LogP contribution >= 0.6 is 11.6 Å². The average molecular weight is 383 g/mol. The van der Waals surface area contributed by atoms with E-state index in [4.69, 9.17) is 11.6 Å². The highest BCUT2D eigenvalue weighted by Crippen LogP contribution is 2.26. The molecule has 0 bridgehead atoms. The Morgan fingerprint density at radius 3 is 2.84 bits per heavy atom. The summed E-state index contributed by atoms with van der Waals surface area (Å²) in [6.07, 6.45) is 1.63. The van der Waals surface area contributed by atoms with Gasteiger partial charge in [-0.3, -0.25) is 4.68 Å². The Morgan fingerprint density at radius 2 is 2.16 bits per heavy atom. The molecule has 1 fully saturated rings. The maximum Gasteiger partial charge on any atom is 0.152 e. The van der Waals surface area contributed by atoms with E-state index >= 15 is 0 Å². The Kier molecular flexibility index (Phi) is 5.51. The number of nitrogens with zero attached hydrogens (tertiary/aromatic N) is 2. The van der Waals surface area contributed by atoms with E-state index < -0.39 is 9.84 Å². The number of benzene rings is 1. The topological polar surface area (TPSA) is 68.6 Å². The first kappa shape index (κ1) is 18.4. The third kappa shape index (κ3) is 4.43. The summed E-state index contributed by atoms with van der Waals surface area (Å²) < 4.78 is 25.4. The Morgan fingerprint density at radius 1 is 1.36 bits per heavy atom. The van der Waals surface area contributed by atoms with Gasteiger partial charge in [-0.25, -0.2) is 8.42 Å². The minimum atomic E-state index is -2.90. The van der Waals surface area contributed by atoms with Crippen LogP contribution in [-0.2, 0) is 22.8 Å². The van der Waals surface area contributed by atoms with Gasteiger partial charge in [-0.2, -0.15) is 5.10 Å². The molecule has 136 valence electrons. The molecule has 1 saturated heterocycles. The van der Waals surface area contributed by atoms with E-state index in [0.717, 1.165) is 35.9 Å². The number of aryl methyl sites for hydroxylation is 1. The van der Waals surface area contributed by atoms with Crippen molar-refractivity contribution in [3.63, 3.8) is 0 Å².